The summed E-state index contributed by atoms with van der Waals surface area (Å²) in [5, 5.41) is 11.9. The SMILES string of the molecule is CC(C)(C)OC(=O)NC1c2cccc(C#N)c2C[C@H]1C=O. The van der Waals surface area contributed by atoms with Crippen molar-refractivity contribution in [1.82, 2.24) is 5.32 Å². The Morgan fingerprint density at radius 3 is 2.76 bits per heavy atom. The summed E-state index contributed by atoms with van der Waals surface area (Å²) in [6.45, 7) is 5.33. The minimum atomic E-state index is -0.601. The van der Waals surface area contributed by atoms with Crippen molar-refractivity contribution in [2.75, 3.05) is 0 Å². The van der Waals surface area contributed by atoms with Gasteiger partial charge >= 0.3 is 6.09 Å². The van der Waals surface area contributed by atoms with Crippen molar-refractivity contribution in [3.8, 4) is 6.07 Å². The standard InChI is InChI=1S/C16H18N2O3/c1-16(2,3)21-15(20)18-14-11(9-19)7-13-10(8-17)5-4-6-12(13)14/h4-6,9,11,14H,7H2,1-3H3,(H,18,20)/t11-,14?/m0/s1. The molecular weight excluding hydrogens is 268 g/mol. The van der Waals surface area contributed by atoms with Gasteiger partial charge in [0, 0.05) is 5.92 Å². The first-order valence-electron chi connectivity index (χ1n) is 6.82. The summed E-state index contributed by atoms with van der Waals surface area (Å²) >= 11 is 0. The number of hydrogen-bond acceptors (Lipinski definition) is 4. The molecule has 1 aliphatic carbocycles. The largest absolute Gasteiger partial charge is 0.444 e. The molecule has 0 bridgehead atoms. The summed E-state index contributed by atoms with van der Waals surface area (Å²) in [5.74, 6) is -0.373. The van der Waals surface area contributed by atoms with Crippen LogP contribution < -0.4 is 5.32 Å². The number of alkyl carbamates (subject to hydrolysis) is 1. The molecule has 5 heteroatoms. The van der Waals surface area contributed by atoms with Gasteiger partial charge in [-0.1, -0.05) is 12.1 Å². The molecule has 0 aliphatic heterocycles. The number of nitriles is 1. The van der Waals surface area contributed by atoms with Crippen molar-refractivity contribution in [1.29, 1.82) is 5.26 Å². The molecule has 1 aliphatic rings. The number of ether oxygens (including phenoxy) is 1. The monoisotopic (exact) mass is 286 g/mol. The molecule has 1 aromatic carbocycles. The van der Waals surface area contributed by atoms with Gasteiger partial charge < -0.3 is 14.8 Å². The molecule has 0 saturated carbocycles. The minimum absolute atomic E-state index is 0.373. The number of hydrogen-bond donors (Lipinski definition) is 1. The van der Waals surface area contributed by atoms with Crippen molar-refractivity contribution in [3.63, 3.8) is 0 Å². The van der Waals surface area contributed by atoms with Crippen LogP contribution in [0.15, 0.2) is 18.2 Å². The van der Waals surface area contributed by atoms with Crippen molar-refractivity contribution < 1.29 is 14.3 Å². The van der Waals surface area contributed by atoms with Crippen LogP contribution in [0, 0.1) is 17.2 Å². The second kappa shape index (κ2) is 5.57. The van der Waals surface area contributed by atoms with Crippen LogP contribution in [0.3, 0.4) is 0 Å². The van der Waals surface area contributed by atoms with Gasteiger partial charge in [-0.25, -0.2) is 4.79 Å². The summed E-state index contributed by atoms with van der Waals surface area (Å²) in [5.41, 5.74) is 1.60. The Morgan fingerprint density at radius 2 is 2.19 bits per heavy atom. The quantitative estimate of drug-likeness (QED) is 0.847. The molecule has 21 heavy (non-hydrogen) atoms. The third-order valence-electron chi connectivity index (χ3n) is 3.38. The molecule has 0 spiro atoms. The van der Waals surface area contributed by atoms with E-state index >= 15 is 0 Å². The van der Waals surface area contributed by atoms with Crippen LogP contribution in [0.1, 0.15) is 43.5 Å². The van der Waals surface area contributed by atoms with E-state index in [-0.39, 0.29) is 5.92 Å². The Balaban J connectivity index is 2.26. The Bertz CT molecular complexity index is 611. The van der Waals surface area contributed by atoms with Crippen molar-refractivity contribution in [3.05, 3.63) is 34.9 Å². The third-order valence-corrected chi connectivity index (χ3v) is 3.38. The number of fused-ring (bicyclic) bond motifs is 1. The van der Waals surface area contributed by atoms with Gasteiger partial charge in [0.25, 0.3) is 0 Å². The highest BCUT2D eigenvalue weighted by atomic mass is 16.6. The summed E-state index contributed by atoms with van der Waals surface area (Å²) in [7, 11) is 0. The van der Waals surface area contributed by atoms with Crippen LogP contribution in [0.5, 0.6) is 0 Å². The van der Waals surface area contributed by atoms with Crippen LogP contribution in [0.25, 0.3) is 0 Å². The van der Waals surface area contributed by atoms with Gasteiger partial charge in [0.2, 0.25) is 0 Å². The van der Waals surface area contributed by atoms with Crippen LogP contribution in [-0.2, 0) is 16.0 Å². The van der Waals surface area contributed by atoms with Crippen LogP contribution >= 0.6 is 0 Å². The van der Waals surface area contributed by atoms with E-state index in [0.717, 1.165) is 17.4 Å². The number of amides is 1. The van der Waals surface area contributed by atoms with E-state index in [2.05, 4.69) is 11.4 Å². The predicted molar refractivity (Wildman–Crippen MR) is 76.5 cm³/mol. The fourth-order valence-electron chi connectivity index (χ4n) is 2.56. The van der Waals surface area contributed by atoms with Gasteiger partial charge in [0.1, 0.15) is 11.9 Å². The second-order valence-electron chi connectivity index (χ2n) is 6.11. The average Bonchev–Trinajstić information content (AvgIpc) is 2.74. The summed E-state index contributed by atoms with van der Waals surface area (Å²) < 4.78 is 5.23. The predicted octanol–water partition coefficient (Wildman–Crippen LogP) is 2.50. The zero-order valence-electron chi connectivity index (χ0n) is 12.3. The maximum atomic E-state index is 11.9. The number of nitrogens with zero attached hydrogens (tertiary/aromatic N) is 1. The molecule has 0 radical (unpaired) electrons. The van der Waals surface area contributed by atoms with Crippen molar-refractivity contribution in [2.45, 2.75) is 38.8 Å². The second-order valence-corrected chi connectivity index (χ2v) is 6.11. The van der Waals surface area contributed by atoms with Gasteiger partial charge in [-0.15, -0.1) is 0 Å². The van der Waals surface area contributed by atoms with E-state index in [9.17, 15) is 9.59 Å². The molecule has 1 N–H and O–H groups in total. The van der Waals surface area contributed by atoms with Crippen molar-refractivity contribution in [2.24, 2.45) is 5.92 Å². The fourth-order valence-corrected chi connectivity index (χ4v) is 2.56. The van der Waals surface area contributed by atoms with Gasteiger partial charge in [0.15, 0.2) is 0 Å². The number of nitrogens with one attached hydrogen (secondary N) is 1. The molecule has 0 fully saturated rings. The molecule has 110 valence electrons. The number of aldehydes is 1. The molecule has 0 saturated heterocycles. The topological polar surface area (TPSA) is 79.2 Å². The first-order valence-corrected chi connectivity index (χ1v) is 6.82. The molecular formula is C16H18N2O3. The number of rotatable bonds is 2. The van der Waals surface area contributed by atoms with E-state index in [1.807, 2.05) is 6.07 Å². The molecule has 2 atom stereocenters. The molecule has 0 aromatic heterocycles. The van der Waals surface area contributed by atoms with Crippen LogP contribution in [-0.4, -0.2) is 18.0 Å². The minimum Gasteiger partial charge on any atom is -0.444 e. The van der Waals surface area contributed by atoms with E-state index in [0.29, 0.717) is 12.0 Å². The first kappa shape index (κ1) is 15.0. The number of carbonyl (C=O) groups is 2. The Hall–Kier alpha value is -2.35. The van der Waals surface area contributed by atoms with Gasteiger partial charge in [-0.2, -0.15) is 5.26 Å². The van der Waals surface area contributed by atoms with E-state index in [4.69, 9.17) is 10.00 Å². The highest BCUT2D eigenvalue weighted by Crippen LogP contribution is 2.36. The lowest BCUT2D eigenvalue weighted by atomic mass is 10.0. The zero-order chi connectivity index (χ0) is 15.6. The number of benzene rings is 1. The first-order chi connectivity index (χ1) is 9.85. The molecule has 1 amide bonds. The maximum Gasteiger partial charge on any atom is 0.408 e. The fraction of sp³-hybridized carbons (Fsp3) is 0.438. The molecule has 5 nitrogen and oxygen atoms in total. The van der Waals surface area contributed by atoms with E-state index in [1.165, 1.54) is 0 Å². The van der Waals surface area contributed by atoms with Crippen molar-refractivity contribution >= 4 is 12.4 Å². The summed E-state index contributed by atoms with van der Waals surface area (Å²) in [4.78, 5) is 23.2. The Morgan fingerprint density at radius 1 is 1.48 bits per heavy atom. The zero-order valence-corrected chi connectivity index (χ0v) is 12.3. The van der Waals surface area contributed by atoms with E-state index in [1.54, 1.807) is 32.9 Å². The summed E-state index contributed by atoms with van der Waals surface area (Å²) in [6, 6.07) is 6.99. The molecule has 0 heterocycles. The summed E-state index contributed by atoms with van der Waals surface area (Å²) in [6.07, 6.45) is 0.723. The lowest BCUT2D eigenvalue weighted by molar-refractivity contribution is -0.111. The number of carbonyl (C=O) groups excluding carboxylic acids is 2. The van der Waals surface area contributed by atoms with E-state index < -0.39 is 17.7 Å². The smallest absolute Gasteiger partial charge is 0.408 e. The Labute approximate surface area is 123 Å². The van der Waals surface area contributed by atoms with Gasteiger partial charge in [0.05, 0.1) is 17.7 Å². The lowest BCUT2D eigenvalue weighted by Crippen LogP contribution is -2.36. The normalized spacial score (nSPS) is 20.3. The highest BCUT2D eigenvalue weighted by Gasteiger charge is 2.35. The Kier molecular flexibility index (Phi) is 3.99. The highest BCUT2D eigenvalue weighted by molar-refractivity contribution is 5.71. The lowest BCUT2D eigenvalue weighted by Gasteiger charge is -2.23. The third kappa shape index (κ3) is 3.22. The van der Waals surface area contributed by atoms with Crippen LogP contribution in [0.4, 0.5) is 4.79 Å². The molecule has 2 rings (SSSR count). The van der Waals surface area contributed by atoms with Gasteiger partial charge in [-0.05, 0) is 44.4 Å². The average molecular weight is 286 g/mol. The maximum absolute atomic E-state index is 11.9. The van der Waals surface area contributed by atoms with Crippen LogP contribution in [0.2, 0.25) is 0 Å². The molecule has 1 aromatic rings. The van der Waals surface area contributed by atoms with Gasteiger partial charge in [-0.3, -0.25) is 0 Å². The molecule has 1 unspecified atom stereocenters.